The fraction of sp³-hybridized carbons (Fsp3) is 0.240. The molecule has 0 spiro atoms. The Morgan fingerprint density at radius 1 is 1.15 bits per heavy atom. The van der Waals surface area contributed by atoms with Gasteiger partial charge in [-0.05, 0) is 50.6 Å². The zero-order chi connectivity index (χ0) is 23.5. The van der Waals surface area contributed by atoms with Crippen LogP contribution >= 0.6 is 0 Å². The van der Waals surface area contributed by atoms with Gasteiger partial charge < -0.3 is 19.7 Å². The lowest BCUT2D eigenvalue weighted by molar-refractivity contribution is 0.0692. The van der Waals surface area contributed by atoms with Crippen LogP contribution in [0.5, 0.6) is 5.75 Å². The molecule has 8 heteroatoms. The van der Waals surface area contributed by atoms with Gasteiger partial charge in [-0.15, -0.1) is 0 Å². The summed E-state index contributed by atoms with van der Waals surface area (Å²) in [4.78, 5) is 20.0. The first kappa shape index (κ1) is 22.3. The van der Waals surface area contributed by atoms with Gasteiger partial charge in [0.05, 0.1) is 17.8 Å². The smallest absolute Gasteiger partial charge is 0.339 e. The van der Waals surface area contributed by atoms with Crippen molar-refractivity contribution in [1.82, 2.24) is 14.5 Å². The van der Waals surface area contributed by atoms with Crippen molar-refractivity contribution in [2.24, 2.45) is 0 Å². The summed E-state index contributed by atoms with van der Waals surface area (Å²) in [6.07, 6.45) is 1.46. The van der Waals surface area contributed by atoms with Crippen LogP contribution in [0.1, 0.15) is 28.5 Å². The predicted octanol–water partition coefficient (Wildman–Crippen LogP) is 5.06. The molecule has 0 bridgehead atoms. The third-order valence-corrected chi connectivity index (χ3v) is 5.53. The number of anilines is 1. The maximum absolute atomic E-state index is 14.2. The fourth-order valence-electron chi connectivity index (χ4n) is 3.98. The van der Waals surface area contributed by atoms with E-state index in [1.54, 1.807) is 31.2 Å². The molecule has 2 heterocycles. The van der Waals surface area contributed by atoms with Gasteiger partial charge in [0.1, 0.15) is 29.3 Å². The van der Waals surface area contributed by atoms with E-state index in [1.165, 1.54) is 18.5 Å². The normalized spacial score (nSPS) is 11.0. The van der Waals surface area contributed by atoms with E-state index in [1.807, 2.05) is 19.9 Å². The fourth-order valence-corrected chi connectivity index (χ4v) is 3.98. The second-order valence-electron chi connectivity index (χ2n) is 7.73. The highest BCUT2D eigenvalue weighted by Crippen LogP contribution is 2.28. The van der Waals surface area contributed by atoms with Crippen molar-refractivity contribution in [3.05, 3.63) is 71.4 Å². The van der Waals surface area contributed by atoms with Crippen molar-refractivity contribution in [3.63, 3.8) is 0 Å². The Morgan fingerprint density at radius 2 is 1.97 bits per heavy atom. The predicted molar refractivity (Wildman–Crippen MR) is 125 cm³/mol. The number of carboxylic acids is 1. The minimum atomic E-state index is -1.04. The number of hydrogen-bond donors (Lipinski definition) is 2. The van der Waals surface area contributed by atoms with Crippen molar-refractivity contribution in [2.75, 3.05) is 18.5 Å². The number of aryl methyl sites for hydroxylation is 2. The maximum atomic E-state index is 14.2. The molecule has 0 aliphatic rings. The van der Waals surface area contributed by atoms with Crippen LogP contribution < -0.4 is 10.1 Å². The first-order valence-electron chi connectivity index (χ1n) is 10.7. The molecule has 0 saturated heterocycles. The highest BCUT2D eigenvalue weighted by Gasteiger charge is 2.14. The number of fused-ring (bicyclic) bond motifs is 1. The number of halogens is 1. The highest BCUT2D eigenvalue weighted by molar-refractivity contribution is 5.92. The van der Waals surface area contributed by atoms with Gasteiger partial charge >= 0.3 is 5.97 Å². The summed E-state index contributed by atoms with van der Waals surface area (Å²) in [7, 11) is 0. The lowest BCUT2D eigenvalue weighted by Crippen LogP contribution is -2.12. The molecule has 7 nitrogen and oxygen atoms in total. The summed E-state index contributed by atoms with van der Waals surface area (Å²) in [5.74, 6) is -0.324. The van der Waals surface area contributed by atoms with Gasteiger partial charge in [0.2, 0.25) is 0 Å². The van der Waals surface area contributed by atoms with E-state index in [-0.39, 0.29) is 11.4 Å². The summed E-state index contributed by atoms with van der Waals surface area (Å²) in [5, 5.41) is 13.3. The van der Waals surface area contributed by atoms with Crippen molar-refractivity contribution >= 4 is 22.7 Å². The first-order valence-corrected chi connectivity index (χ1v) is 10.7. The van der Waals surface area contributed by atoms with Crippen LogP contribution in [0.15, 0.2) is 48.8 Å². The number of ether oxygens (including phenoxy) is 1. The summed E-state index contributed by atoms with van der Waals surface area (Å²) in [6, 6.07) is 11.9. The number of rotatable bonds is 8. The van der Waals surface area contributed by atoms with Crippen LogP contribution in [0.3, 0.4) is 0 Å². The maximum Gasteiger partial charge on any atom is 0.339 e. The Balaban J connectivity index is 1.53. The van der Waals surface area contributed by atoms with Gasteiger partial charge in [-0.1, -0.05) is 12.1 Å². The molecular formula is C25H25FN4O3. The molecule has 2 N–H and O–H groups in total. The zero-order valence-corrected chi connectivity index (χ0v) is 18.7. The quantitative estimate of drug-likeness (QED) is 0.392. The Kier molecular flexibility index (Phi) is 6.26. The minimum absolute atomic E-state index is 0.106. The van der Waals surface area contributed by atoms with Gasteiger partial charge in [-0.2, -0.15) is 0 Å². The molecule has 0 aliphatic heterocycles. The summed E-state index contributed by atoms with van der Waals surface area (Å²) in [5.41, 5.74) is 4.40. The van der Waals surface area contributed by atoms with Crippen LogP contribution in [0.2, 0.25) is 0 Å². The van der Waals surface area contributed by atoms with Gasteiger partial charge in [0, 0.05) is 35.8 Å². The number of hydrogen-bond acceptors (Lipinski definition) is 5. The summed E-state index contributed by atoms with van der Waals surface area (Å²) in [6.45, 7) is 7.33. The molecule has 4 rings (SSSR count). The summed E-state index contributed by atoms with van der Waals surface area (Å²) < 4.78 is 21.8. The Bertz CT molecular complexity index is 1330. The number of aromatic nitrogens is 3. The molecule has 4 aromatic rings. The second kappa shape index (κ2) is 9.28. The third kappa shape index (κ3) is 4.50. The summed E-state index contributed by atoms with van der Waals surface area (Å²) >= 11 is 0. The molecular weight excluding hydrogens is 423 g/mol. The van der Waals surface area contributed by atoms with Crippen molar-refractivity contribution < 1.29 is 19.0 Å². The number of carboxylic acid groups (broad SMARTS) is 1. The average Bonchev–Trinajstić information content (AvgIpc) is 3.14. The number of benzene rings is 2. The molecule has 0 aliphatic carbocycles. The molecule has 0 radical (unpaired) electrons. The molecule has 33 heavy (non-hydrogen) atoms. The number of carbonyl (C=O) groups is 1. The Hall–Kier alpha value is -3.94. The average molecular weight is 448 g/mol. The molecule has 2 aromatic heterocycles. The minimum Gasteiger partial charge on any atom is -0.493 e. The standard InChI is InChI=1S/C25H25FN4O3/c1-4-33-22-12-17(6-7-18(22)25(31)32)21-13-23(29-14-28-21)27-9-10-30-16(3)11-19-20(26)8-5-15(2)24(19)30/h5-8,11-14H,4,9-10H2,1-3H3,(H,31,32)(H,27,28,29). The van der Waals surface area contributed by atoms with E-state index in [9.17, 15) is 14.3 Å². The molecule has 0 atom stereocenters. The van der Waals surface area contributed by atoms with E-state index >= 15 is 0 Å². The van der Waals surface area contributed by atoms with Crippen molar-refractivity contribution in [1.29, 1.82) is 0 Å². The number of nitrogens with one attached hydrogen (secondary N) is 1. The van der Waals surface area contributed by atoms with E-state index in [0.717, 1.165) is 22.3 Å². The van der Waals surface area contributed by atoms with E-state index in [0.29, 0.717) is 42.3 Å². The molecule has 0 saturated carbocycles. The largest absolute Gasteiger partial charge is 0.493 e. The zero-order valence-electron chi connectivity index (χ0n) is 18.7. The van der Waals surface area contributed by atoms with E-state index in [2.05, 4.69) is 19.9 Å². The molecule has 0 unspecified atom stereocenters. The topological polar surface area (TPSA) is 89.3 Å². The second-order valence-corrected chi connectivity index (χ2v) is 7.73. The van der Waals surface area contributed by atoms with Gasteiger partial charge in [-0.25, -0.2) is 19.2 Å². The van der Waals surface area contributed by atoms with Crippen LogP contribution in [-0.2, 0) is 6.54 Å². The number of aromatic carboxylic acids is 1. The van der Waals surface area contributed by atoms with Crippen LogP contribution in [0.4, 0.5) is 10.2 Å². The SMILES string of the molecule is CCOc1cc(-c2cc(NCCn3c(C)cc4c(F)ccc(C)c43)ncn2)ccc1C(=O)O. The number of nitrogens with zero attached hydrogens (tertiary/aromatic N) is 3. The Labute approximate surface area is 190 Å². The van der Waals surface area contributed by atoms with Crippen LogP contribution in [0, 0.1) is 19.7 Å². The van der Waals surface area contributed by atoms with Crippen molar-refractivity contribution in [3.8, 4) is 17.0 Å². The lowest BCUT2D eigenvalue weighted by atomic mass is 10.1. The van der Waals surface area contributed by atoms with Gasteiger partial charge in [0.25, 0.3) is 0 Å². The van der Waals surface area contributed by atoms with Crippen molar-refractivity contribution in [2.45, 2.75) is 27.3 Å². The van der Waals surface area contributed by atoms with Gasteiger partial charge in [0.15, 0.2) is 0 Å². The third-order valence-electron chi connectivity index (χ3n) is 5.53. The van der Waals surface area contributed by atoms with E-state index in [4.69, 9.17) is 4.74 Å². The van der Waals surface area contributed by atoms with Gasteiger partial charge in [-0.3, -0.25) is 0 Å². The molecule has 170 valence electrons. The highest BCUT2D eigenvalue weighted by atomic mass is 19.1. The Morgan fingerprint density at radius 3 is 2.73 bits per heavy atom. The lowest BCUT2D eigenvalue weighted by Gasteiger charge is -2.12. The molecule has 2 aromatic carbocycles. The van der Waals surface area contributed by atoms with Crippen LogP contribution in [-0.4, -0.2) is 38.8 Å². The molecule has 0 fully saturated rings. The molecule has 0 amide bonds. The first-order chi connectivity index (χ1) is 15.9. The van der Waals surface area contributed by atoms with E-state index < -0.39 is 5.97 Å². The van der Waals surface area contributed by atoms with Crippen LogP contribution in [0.25, 0.3) is 22.2 Å². The monoisotopic (exact) mass is 448 g/mol.